The number of imide groups is 1. The van der Waals surface area contributed by atoms with E-state index in [2.05, 4.69) is 32.9 Å². The fourth-order valence-electron chi connectivity index (χ4n) is 5.05. The van der Waals surface area contributed by atoms with E-state index in [1.807, 2.05) is 0 Å². The summed E-state index contributed by atoms with van der Waals surface area (Å²) in [5.74, 6) is -2.90. The third-order valence-electron chi connectivity index (χ3n) is 6.57. The summed E-state index contributed by atoms with van der Waals surface area (Å²) in [7, 11) is 1.51. The molecule has 4 saturated heterocycles. The average Bonchev–Trinajstić information content (AvgIpc) is 3.48. The first-order valence-corrected chi connectivity index (χ1v) is 10.2. The number of aromatic nitrogens is 2. The Balaban J connectivity index is 1.47. The van der Waals surface area contributed by atoms with E-state index < -0.39 is 47.5 Å². The molecule has 0 saturated carbocycles. The van der Waals surface area contributed by atoms with Crippen molar-refractivity contribution in [1.82, 2.24) is 45.7 Å². The van der Waals surface area contributed by atoms with E-state index in [-0.39, 0.29) is 31.4 Å². The number of urea groups is 1. The van der Waals surface area contributed by atoms with E-state index in [0.717, 1.165) is 9.58 Å². The summed E-state index contributed by atoms with van der Waals surface area (Å²) >= 11 is 0. The maximum absolute atomic E-state index is 12.5. The smallest absolute Gasteiger partial charge is 0.342 e. The molecule has 0 bridgehead atoms. The van der Waals surface area contributed by atoms with Gasteiger partial charge in [-0.1, -0.05) is 6.58 Å². The van der Waals surface area contributed by atoms with Gasteiger partial charge >= 0.3 is 12.1 Å². The molecule has 5 rings (SSSR count). The van der Waals surface area contributed by atoms with E-state index in [1.54, 1.807) is 6.07 Å². The Kier molecular flexibility index (Phi) is 4.35. The van der Waals surface area contributed by atoms with Crippen LogP contribution in [0.1, 0.15) is 0 Å². The number of amides is 4. The molecule has 0 aromatic carbocycles. The van der Waals surface area contributed by atoms with E-state index in [9.17, 15) is 24.6 Å². The second-order valence-electron chi connectivity index (χ2n) is 8.52. The number of nitrogens with zero attached hydrogens (tertiary/aromatic N) is 5. The molecular formula is C18H24N10O5. The standard InChI is InChI=1S/C18H24N10O5/c1-9-21-13-10(6-26-12(29)8-25(2)16(26)31)22-14(19)27-7-11(18(32,33)17(13,27)24-9)23-15(30)28-5-3-4-20-28/h3-5,10-11,13,21,24,32-33H,1,6-8H2,2H3,(H2,19,22)(H,23,30). The van der Waals surface area contributed by atoms with Crippen molar-refractivity contribution in [1.29, 1.82) is 5.41 Å². The largest absolute Gasteiger partial charge is 0.363 e. The Bertz CT molecular complexity index is 1060. The van der Waals surface area contributed by atoms with Crippen LogP contribution >= 0.6 is 0 Å². The van der Waals surface area contributed by atoms with Gasteiger partial charge < -0.3 is 41.3 Å². The van der Waals surface area contributed by atoms with Crippen LogP contribution in [-0.2, 0) is 4.79 Å². The Morgan fingerprint density at radius 2 is 2.15 bits per heavy atom. The van der Waals surface area contributed by atoms with E-state index in [0.29, 0.717) is 0 Å². The number of nitrogens with one attached hydrogen (secondary N) is 5. The summed E-state index contributed by atoms with van der Waals surface area (Å²) in [5, 5.41) is 46.6. The third-order valence-corrected chi connectivity index (χ3v) is 6.57. The van der Waals surface area contributed by atoms with E-state index in [1.165, 1.54) is 29.2 Å². The van der Waals surface area contributed by atoms with Gasteiger partial charge in [-0.15, -0.1) is 0 Å². The maximum Gasteiger partial charge on any atom is 0.342 e. The van der Waals surface area contributed by atoms with Gasteiger partial charge in [-0.25, -0.2) is 9.59 Å². The molecule has 33 heavy (non-hydrogen) atoms. The van der Waals surface area contributed by atoms with Crippen molar-refractivity contribution < 1.29 is 24.6 Å². The fraction of sp³-hybridized carbons (Fsp3) is 0.500. The minimum atomic E-state index is -2.59. The monoisotopic (exact) mass is 460 g/mol. The lowest BCUT2D eigenvalue weighted by Gasteiger charge is -2.51. The summed E-state index contributed by atoms with van der Waals surface area (Å²) in [5.41, 5.74) is -1.71. The van der Waals surface area contributed by atoms with Gasteiger partial charge in [0.25, 0.3) is 0 Å². The van der Waals surface area contributed by atoms with Gasteiger partial charge in [-0.2, -0.15) is 9.78 Å². The lowest BCUT2D eigenvalue weighted by molar-refractivity contribution is -0.232. The lowest BCUT2D eigenvalue weighted by Crippen LogP contribution is -2.81. The molecule has 1 aromatic heterocycles. The summed E-state index contributed by atoms with van der Waals surface area (Å²) in [4.78, 5) is 40.9. The average molecular weight is 460 g/mol. The molecule has 176 valence electrons. The first kappa shape index (κ1) is 21.0. The molecule has 4 fully saturated rings. The Hall–Kier alpha value is -3.85. The Labute approximate surface area is 187 Å². The lowest BCUT2D eigenvalue weighted by atomic mass is 9.84. The van der Waals surface area contributed by atoms with E-state index >= 15 is 0 Å². The molecule has 0 radical (unpaired) electrons. The molecule has 4 amide bonds. The number of hydrogen-bond donors (Lipinski definition) is 7. The first-order valence-electron chi connectivity index (χ1n) is 10.2. The number of guanidine groups is 1. The van der Waals surface area contributed by atoms with Gasteiger partial charge in [0.2, 0.25) is 11.7 Å². The molecule has 0 aliphatic carbocycles. The van der Waals surface area contributed by atoms with Crippen LogP contribution < -0.4 is 21.3 Å². The molecule has 15 nitrogen and oxygen atoms in total. The minimum absolute atomic E-state index is 0.0607. The summed E-state index contributed by atoms with van der Waals surface area (Å²) in [6, 6.07) is -2.44. The molecule has 4 aliphatic rings. The van der Waals surface area contributed by atoms with Gasteiger partial charge in [0.05, 0.1) is 24.4 Å². The molecular weight excluding hydrogens is 436 g/mol. The quantitative estimate of drug-likeness (QED) is 0.175. The zero-order valence-electron chi connectivity index (χ0n) is 17.6. The highest BCUT2D eigenvalue weighted by Gasteiger charge is 2.74. The number of aliphatic hydroxyl groups is 2. The Morgan fingerprint density at radius 3 is 2.79 bits per heavy atom. The molecule has 4 atom stereocenters. The molecule has 15 heteroatoms. The second-order valence-corrected chi connectivity index (χ2v) is 8.52. The van der Waals surface area contributed by atoms with Crippen molar-refractivity contribution in [2.45, 2.75) is 29.6 Å². The van der Waals surface area contributed by atoms with Gasteiger partial charge in [-0.3, -0.25) is 15.1 Å². The highest BCUT2D eigenvalue weighted by atomic mass is 16.5. The number of carbonyl (C=O) groups is 3. The van der Waals surface area contributed by atoms with Crippen molar-refractivity contribution in [3.05, 3.63) is 30.9 Å². The van der Waals surface area contributed by atoms with Crippen LogP contribution in [0.25, 0.3) is 0 Å². The molecule has 4 unspecified atom stereocenters. The van der Waals surface area contributed by atoms with Crippen molar-refractivity contribution in [3.63, 3.8) is 0 Å². The fourth-order valence-corrected chi connectivity index (χ4v) is 5.05. The predicted octanol–water partition coefficient (Wildman–Crippen LogP) is -3.66. The Morgan fingerprint density at radius 1 is 1.39 bits per heavy atom. The van der Waals surface area contributed by atoms with Crippen molar-refractivity contribution in [2.75, 3.05) is 26.7 Å². The van der Waals surface area contributed by atoms with Crippen LogP contribution in [0, 0.1) is 5.41 Å². The van der Waals surface area contributed by atoms with Crippen molar-refractivity contribution in [3.8, 4) is 0 Å². The summed E-state index contributed by atoms with van der Waals surface area (Å²) in [6.45, 7) is 3.53. The van der Waals surface area contributed by atoms with Gasteiger partial charge in [-0.05, 0) is 6.07 Å². The first-order chi connectivity index (χ1) is 15.6. The normalized spacial score (nSPS) is 32.3. The van der Waals surface area contributed by atoms with Crippen LogP contribution in [0.3, 0.4) is 0 Å². The van der Waals surface area contributed by atoms with E-state index in [4.69, 9.17) is 5.41 Å². The highest BCUT2D eigenvalue weighted by Crippen LogP contribution is 2.44. The zero-order valence-corrected chi connectivity index (χ0v) is 17.6. The molecule has 1 aromatic rings. The predicted molar refractivity (Wildman–Crippen MR) is 110 cm³/mol. The zero-order chi connectivity index (χ0) is 23.7. The number of carbonyl (C=O) groups excluding carboxylic acids is 3. The topological polar surface area (TPSA) is 191 Å². The number of hydrogen-bond acceptors (Lipinski definition) is 9. The molecule has 5 heterocycles. The second kappa shape index (κ2) is 6.82. The van der Waals surface area contributed by atoms with Crippen LogP contribution in [0.5, 0.6) is 0 Å². The van der Waals surface area contributed by atoms with Gasteiger partial charge in [0, 0.05) is 26.0 Å². The van der Waals surface area contributed by atoms with Gasteiger partial charge in [0.1, 0.15) is 12.6 Å². The third kappa shape index (κ3) is 2.78. The van der Waals surface area contributed by atoms with Crippen LogP contribution in [0.4, 0.5) is 9.59 Å². The summed E-state index contributed by atoms with van der Waals surface area (Å²) < 4.78 is 1.01. The maximum atomic E-state index is 12.5. The number of rotatable bonds is 3. The van der Waals surface area contributed by atoms with Crippen LogP contribution in [0.2, 0.25) is 0 Å². The highest BCUT2D eigenvalue weighted by molar-refractivity contribution is 6.02. The van der Waals surface area contributed by atoms with Crippen LogP contribution in [-0.4, -0.2) is 115 Å². The van der Waals surface area contributed by atoms with Crippen molar-refractivity contribution in [2.24, 2.45) is 0 Å². The summed E-state index contributed by atoms with van der Waals surface area (Å²) in [6.07, 6.45) is 2.82. The van der Waals surface area contributed by atoms with Crippen LogP contribution in [0.15, 0.2) is 30.9 Å². The van der Waals surface area contributed by atoms with Crippen molar-refractivity contribution >= 4 is 23.9 Å². The molecule has 1 spiro atoms. The molecule has 4 aliphatic heterocycles. The number of likely N-dealkylation sites (N-methyl/N-ethyl adjacent to an activating group) is 1. The minimum Gasteiger partial charge on any atom is -0.363 e. The SMILES string of the molecule is C=C1NC2C(CN3C(=O)CN(C)C3=O)NC(=N)N3CC(NC(=O)n4cccn4)C(O)(O)C23N1. The molecule has 7 N–H and O–H groups in total. The van der Waals surface area contributed by atoms with Gasteiger partial charge in [0.15, 0.2) is 11.6 Å².